The number of hydrogen-bond acceptors (Lipinski definition) is 4. The van der Waals surface area contributed by atoms with Gasteiger partial charge in [-0.15, -0.1) is 0 Å². The molecule has 0 aliphatic carbocycles. The summed E-state index contributed by atoms with van der Waals surface area (Å²) in [4.78, 5) is 21.8. The number of hydrogen-bond donors (Lipinski definition) is 4. The lowest BCUT2D eigenvalue weighted by atomic mass is 9.99. The van der Waals surface area contributed by atoms with E-state index in [1.807, 2.05) is 0 Å². The topological polar surface area (TPSA) is 113 Å². The van der Waals surface area contributed by atoms with E-state index >= 15 is 0 Å². The van der Waals surface area contributed by atoms with E-state index in [2.05, 4.69) is 5.32 Å². The molecule has 0 aliphatic heterocycles. The SMILES string of the molecule is CCC(C)(N)C(=O)N[C@@H](CO)C(=O)O. The van der Waals surface area contributed by atoms with E-state index in [-0.39, 0.29) is 0 Å². The molecule has 6 heteroatoms. The summed E-state index contributed by atoms with van der Waals surface area (Å²) in [5.41, 5.74) is 4.47. The predicted molar refractivity (Wildman–Crippen MR) is 49.5 cm³/mol. The maximum absolute atomic E-state index is 11.4. The van der Waals surface area contributed by atoms with Gasteiger partial charge in [0.05, 0.1) is 12.1 Å². The summed E-state index contributed by atoms with van der Waals surface area (Å²) in [7, 11) is 0. The quantitative estimate of drug-likeness (QED) is 0.443. The second kappa shape index (κ2) is 4.92. The Kier molecular flexibility index (Phi) is 4.52. The average Bonchev–Trinajstić information content (AvgIpc) is 2.12. The van der Waals surface area contributed by atoms with Gasteiger partial charge in [-0.1, -0.05) is 6.92 Å². The zero-order valence-electron chi connectivity index (χ0n) is 8.28. The van der Waals surface area contributed by atoms with Gasteiger partial charge < -0.3 is 21.3 Å². The van der Waals surface area contributed by atoms with E-state index < -0.39 is 30.1 Å². The zero-order valence-corrected chi connectivity index (χ0v) is 8.28. The highest BCUT2D eigenvalue weighted by molar-refractivity contribution is 5.89. The Morgan fingerprint density at radius 2 is 2.07 bits per heavy atom. The molecular weight excluding hydrogens is 188 g/mol. The van der Waals surface area contributed by atoms with Crippen LogP contribution in [0.15, 0.2) is 0 Å². The number of carbonyl (C=O) groups is 2. The van der Waals surface area contributed by atoms with Crippen LogP contribution in [0.4, 0.5) is 0 Å². The third-order valence-electron chi connectivity index (χ3n) is 2.04. The fraction of sp³-hybridized carbons (Fsp3) is 0.750. The minimum absolute atomic E-state index is 0.386. The summed E-state index contributed by atoms with van der Waals surface area (Å²) < 4.78 is 0. The Morgan fingerprint density at radius 1 is 1.57 bits per heavy atom. The van der Waals surface area contributed by atoms with Crippen LogP contribution in [0.5, 0.6) is 0 Å². The standard InChI is InChI=1S/C8H16N2O4/c1-3-8(2,9)7(14)10-5(4-11)6(12)13/h5,11H,3-4,9H2,1-2H3,(H,10,14)(H,12,13)/t5-,8?/m0/s1. The van der Waals surface area contributed by atoms with Crippen LogP contribution in [0.3, 0.4) is 0 Å². The first kappa shape index (κ1) is 12.9. The Bertz CT molecular complexity index is 227. The van der Waals surface area contributed by atoms with Gasteiger partial charge in [0.1, 0.15) is 6.04 Å². The number of amides is 1. The molecule has 0 saturated heterocycles. The van der Waals surface area contributed by atoms with Gasteiger partial charge in [0.2, 0.25) is 5.91 Å². The molecule has 0 fully saturated rings. The van der Waals surface area contributed by atoms with Crippen LogP contribution in [0, 0.1) is 0 Å². The third kappa shape index (κ3) is 3.31. The zero-order chi connectivity index (χ0) is 11.4. The van der Waals surface area contributed by atoms with Crippen molar-refractivity contribution in [1.82, 2.24) is 5.32 Å². The van der Waals surface area contributed by atoms with Gasteiger partial charge in [0.25, 0.3) is 0 Å². The van der Waals surface area contributed by atoms with Gasteiger partial charge in [0, 0.05) is 0 Å². The van der Waals surface area contributed by atoms with E-state index in [0.717, 1.165) is 0 Å². The van der Waals surface area contributed by atoms with E-state index in [0.29, 0.717) is 6.42 Å². The molecule has 82 valence electrons. The molecule has 6 nitrogen and oxygen atoms in total. The summed E-state index contributed by atoms with van der Waals surface area (Å²) in [5, 5.41) is 19.3. The largest absolute Gasteiger partial charge is 0.480 e. The summed E-state index contributed by atoms with van der Waals surface area (Å²) in [6.07, 6.45) is 0.386. The molecule has 0 aromatic heterocycles. The molecule has 1 unspecified atom stereocenters. The highest BCUT2D eigenvalue weighted by Crippen LogP contribution is 2.04. The summed E-state index contributed by atoms with van der Waals surface area (Å²) in [6, 6.07) is -1.29. The number of aliphatic hydroxyl groups excluding tert-OH is 1. The van der Waals surface area contributed by atoms with Crippen molar-refractivity contribution < 1.29 is 19.8 Å². The number of carbonyl (C=O) groups excluding carboxylic acids is 1. The number of nitrogens with two attached hydrogens (primary N) is 1. The minimum atomic E-state index is -1.29. The maximum atomic E-state index is 11.4. The Labute approximate surface area is 82.1 Å². The number of carboxylic acids is 1. The molecule has 0 saturated carbocycles. The van der Waals surface area contributed by atoms with E-state index in [1.54, 1.807) is 6.92 Å². The first-order valence-corrected chi connectivity index (χ1v) is 4.28. The fourth-order valence-corrected chi connectivity index (χ4v) is 0.669. The second-order valence-corrected chi connectivity index (χ2v) is 3.32. The lowest BCUT2D eigenvalue weighted by molar-refractivity contribution is -0.143. The van der Waals surface area contributed by atoms with Crippen LogP contribution < -0.4 is 11.1 Å². The summed E-state index contributed by atoms with van der Waals surface area (Å²) in [6.45, 7) is 2.56. The Hall–Kier alpha value is -1.14. The second-order valence-electron chi connectivity index (χ2n) is 3.32. The fourth-order valence-electron chi connectivity index (χ4n) is 0.669. The van der Waals surface area contributed by atoms with Crippen molar-refractivity contribution in [2.24, 2.45) is 5.73 Å². The molecular formula is C8H16N2O4. The van der Waals surface area contributed by atoms with Crippen molar-refractivity contribution in [3.63, 3.8) is 0 Å². The molecule has 0 rings (SSSR count). The number of aliphatic carboxylic acids is 1. The third-order valence-corrected chi connectivity index (χ3v) is 2.04. The molecule has 1 amide bonds. The van der Waals surface area contributed by atoms with E-state index in [9.17, 15) is 9.59 Å². The first-order chi connectivity index (χ1) is 6.35. The van der Waals surface area contributed by atoms with Gasteiger partial charge in [0.15, 0.2) is 0 Å². The van der Waals surface area contributed by atoms with Crippen molar-refractivity contribution in [1.29, 1.82) is 0 Å². The molecule has 0 aromatic rings. The number of nitrogens with one attached hydrogen (secondary N) is 1. The predicted octanol–water partition coefficient (Wildman–Crippen LogP) is -1.32. The molecule has 2 atom stereocenters. The van der Waals surface area contributed by atoms with Gasteiger partial charge in [-0.05, 0) is 13.3 Å². The highest BCUT2D eigenvalue weighted by atomic mass is 16.4. The van der Waals surface area contributed by atoms with Crippen molar-refractivity contribution in [2.45, 2.75) is 31.8 Å². The van der Waals surface area contributed by atoms with Crippen molar-refractivity contribution in [3.8, 4) is 0 Å². The average molecular weight is 204 g/mol. The van der Waals surface area contributed by atoms with Crippen LogP contribution >= 0.6 is 0 Å². The maximum Gasteiger partial charge on any atom is 0.328 e. The summed E-state index contributed by atoms with van der Waals surface area (Å²) >= 11 is 0. The number of carboxylic acid groups (broad SMARTS) is 1. The van der Waals surface area contributed by atoms with E-state index in [4.69, 9.17) is 15.9 Å². The smallest absolute Gasteiger partial charge is 0.328 e. The van der Waals surface area contributed by atoms with Crippen LogP contribution in [-0.4, -0.2) is 40.3 Å². The van der Waals surface area contributed by atoms with Gasteiger partial charge in [-0.3, -0.25) is 4.79 Å². The van der Waals surface area contributed by atoms with E-state index in [1.165, 1.54) is 6.92 Å². The van der Waals surface area contributed by atoms with Crippen LogP contribution in [0.25, 0.3) is 0 Å². The normalized spacial score (nSPS) is 16.9. The molecule has 0 spiro atoms. The Morgan fingerprint density at radius 3 is 2.36 bits per heavy atom. The first-order valence-electron chi connectivity index (χ1n) is 4.28. The monoisotopic (exact) mass is 204 g/mol. The molecule has 0 aliphatic rings. The van der Waals surface area contributed by atoms with Crippen LogP contribution in [0.1, 0.15) is 20.3 Å². The van der Waals surface area contributed by atoms with Crippen LogP contribution in [0.2, 0.25) is 0 Å². The molecule has 0 aromatic carbocycles. The van der Waals surface area contributed by atoms with Gasteiger partial charge >= 0.3 is 5.97 Å². The highest BCUT2D eigenvalue weighted by Gasteiger charge is 2.29. The van der Waals surface area contributed by atoms with Gasteiger partial charge in [-0.2, -0.15) is 0 Å². The van der Waals surface area contributed by atoms with Crippen molar-refractivity contribution in [2.75, 3.05) is 6.61 Å². The number of rotatable bonds is 5. The molecule has 0 bridgehead atoms. The Balaban J connectivity index is 4.37. The molecule has 0 heterocycles. The van der Waals surface area contributed by atoms with Crippen molar-refractivity contribution >= 4 is 11.9 Å². The summed E-state index contributed by atoms with van der Waals surface area (Å²) in [5.74, 6) is -1.87. The van der Waals surface area contributed by atoms with Crippen LogP contribution in [-0.2, 0) is 9.59 Å². The van der Waals surface area contributed by atoms with Gasteiger partial charge in [-0.25, -0.2) is 4.79 Å². The number of aliphatic hydroxyl groups is 1. The lowest BCUT2D eigenvalue weighted by Crippen LogP contribution is -2.56. The lowest BCUT2D eigenvalue weighted by Gasteiger charge is -2.23. The molecule has 0 radical (unpaired) electrons. The van der Waals surface area contributed by atoms with Crippen molar-refractivity contribution in [3.05, 3.63) is 0 Å². The molecule has 14 heavy (non-hydrogen) atoms. The molecule has 5 N–H and O–H groups in total. The minimum Gasteiger partial charge on any atom is -0.480 e.